The summed E-state index contributed by atoms with van der Waals surface area (Å²) in [6.07, 6.45) is 1.47. The molecule has 3 rings (SSSR count). The SMILES string of the molecule is CC(=O)Cc1c(C)[nH]n(-c2ccc(C(=O)Nc3ccc(Br)cc3)cn2)c1=O. The molecule has 0 saturated heterocycles. The van der Waals surface area contributed by atoms with Crippen LogP contribution in [0.15, 0.2) is 51.9 Å². The summed E-state index contributed by atoms with van der Waals surface area (Å²) in [5, 5.41) is 5.69. The van der Waals surface area contributed by atoms with Crippen molar-refractivity contribution in [2.75, 3.05) is 5.32 Å². The third-order valence-electron chi connectivity index (χ3n) is 3.96. The van der Waals surface area contributed by atoms with Gasteiger partial charge < -0.3 is 5.32 Å². The second kappa shape index (κ2) is 7.71. The van der Waals surface area contributed by atoms with E-state index in [1.807, 2.05) is 12.1 Å². The van der Waals surface area contributed by atoms with Gasteiger partial charge in [0.25, 0.3) is 11.5 Å². The highest BCUT2D eigenvalue weighted by Gasteiger charge is 2.15. The molecule has 0 spiro atoms. The first-order valence-corrected chi connectivity index (χ1v) is 8.97. The minimum atomic E-state index is -0.317. The summed E-state index contributed by atoms with van der Waals surface area (Å²) in [4.78, 5) is 40.3. The Morgan fingerprint density at radius 1 is 1.19 bits per heavy atom. The van der Waals surface area contributed by atoms with Gasteiger partial charge in [-0.05, 0) is 50.2 Å². The lowest BCUT2D eigenvalue weighted by Crippen LogP contribution is -2.20. The van der Waals surface area contributed by atoms with Crippen molar-refractivity contribution in [2.24, 2.45) is 0 Å². The molecule has 2 aromatic heterocycles. The van der Waals surface area contributed by atoms with E-state index in [9.17, 15) is 14.4 Å². The minimum Gasteiger partial charge on any atom is -0.322 e. The van der Waals surface area contributed by atoms with E-state index in [1.165, 1.54) is 17.8 Å². The van der Waals surface area contributed by atoms with Gasteiger partial charge in [0.2, 0.25) is 0 Å². The fraction of sp³-hybridized carbons (Fsp3) is 0.158. The average Bonchev–Trinajstić information content (AvgIpc) is 2.91. The maximum atomic E-state index is 12.5. The zero-order valence-corrected chi connectivity index (χ0v) is 16.3. The third-order valence-corrected chi connectivity index (χ3v) is 4.49. The molecule has 138 valence electrons. The lowest BCUT2D eigenvalue weighted by Gasteiger charge is -2.06. The predicted octanol–water partition coefficient (Wildman–Crippen LogP) is 3.02. The average molecular weight is 429 g/mol. The highest BCUT2D eigenvalue weighted by atomic mass is 79.9. The molecule has 3 aromatic rings. The standard InChI is InChI=1S/C19H17BrN4O3/c1-11(25)9-16-12(2)23-24(19(16)27)17-8-3-13(10-21-17)18(26)22-15-6-4-14(20)5-7-15/h3-8,10,23H,9H2,1-2H3,(H,22,26). The molecule has 2 N–H and O–H groups in total. The molecule has 0 saturated carbocycles. The van der Waals surface area contributed by atoms with Crippen LogP contribution in [-0.2, 0) is 11.2 Å². The van der Waals surface area contributed by atoms with E-state index < -0.39 is 0 Å². The summed E-state index contributed by atoms with van der Waals surface area (Å²) >= 11 is 3.34. The molecule has 0 fully saturated rings. The van der Waals surface area contributed by atoms with Crippen molar-refractivity contribution in [3.8, 4) is 5.82 Å². The van der Waals surface area contributed by atoms with Crippen LogP contribution < -0.4 is 10.9 Å². The smallest absolute Gasteiger partial charge is 0.276 e. The van der Waals surface area contributed by atoms with Gasteiger partial charge in [-0.3, -0.25) is 19.5 Å². The van der Waals surface area contributed by atoms with Gasteiger partial charge in [-0.2, -0.15) is 0 Å². The van der Waals surface area contributed by atoms with Crippen LogP contribution >= 0.6 is 15.9 Å². The summed E-state index contributed by atoms with van der Waals surface area (Å²) in [6.45, 7) is 3.17. The van der Waals surface area contributed by atoms with E-state index in [0.29, 0.717) is 28.3 Å². The van der Waals surface area contributed by atoms with E-state index in [2.05, 4.69) is 31.3 Å². The van der Waals surface area contributed by atoms with Crippen LogP contribution in [0.1, 0.15) is 28.5 Å². The van der Waals surface area contributed by atoms with Crippen molar-refractivity contribution >= 4 is 33.3 Å². The molecule has 0 aliphatic rings. The number of hydrogen-bond acceptors (Lipinski definition) is 4. The van der Waals surface area contributed by atoms with Crippen molar-refractivity contribution in [1.29, 1.82) is 0 Å². The van der Waals surface area contributed by atoms with Crippen molar-refractivity contribution in [3.05, 3.63) is 74.2 Å². The van der Waals surface area contributed by atoms with Gasteiger partial charge in [0, 0.05) is 34.0 Å². The van der Waals surface area contributed by atoms with E-state index >= 15 is 0 Å². The number of nitrogens with zero attached hydrogens (tertiary/aromatic N) is 2. The Labute approximate surface area is 163 Å². The maximum Gasteiger partial charge on any atom is 0.276 e. The second-order valence-corrected chi connectivity index (χ2v) is 7.02. The Morgan fingerprint density at radius 2 is 1.89 bits per heavy atom. The number of pyridine rings is 1. The van der Waals surface area contributed by atoms with Crippen LogP contribution in [0.4, 0.5) is 5.69 Å². The second-order valence-electron chi connectivity index (χ2n) is 6.10. The van der Waals surface area contributed by atoms with Crippen LogP contribution in [-0.4, -0.2) is 26.5 Å². The number of benzene rings is 1. The number of aryl methyl sites for hydroxylation is 1. The molecular formula is C19H17BrN4O3. The van der Waals surface area contributed by atoms with E-state index in [0.717, 1.165) is 4.47 Å². The summed E-state index contributed by atoms with van der Waals surface area (Å²) in [5.41, 5.74) is 1.75. The number of ketones is 1. The van der Waals surface area contributed by atoms with E-state index in [1.54, 1.807) is 31.2 Å². The van der Waals surface area contributed by atoms with Crippen LogP contribution in [0.5, 0.6) is 0 Å². The van der Waals surface area contributed by atoms with Crippen LogP contribution in [0.25, 0.3) is 5.82 Å². The summed E-state index contributed by atoms with van der Waals surface area (Å²) in [7, 11) is 0. The maximum absolute atomic E-state index is 12.5. The number of Topliss-reactive ketones (excluding diaryl/α,β-unsaturated/α-hetero) is 1. The largest absolute Gasteiger partial charge is 0.322 e. The molecule has 0 unspecified atom stereocenters. The zero-order chi connectivity index (χ0) is 19.6. The van der Waals surface area contributed by atoms with Gasteiger partial charge in [-0.25, -0.2) is 9.67 Å². The Balaban J connectivity index is 1.81. The molecule has 7 nitrogen and oxygen atoms in total. The molecule has 0 bridgehead atoms. The van der Waals surface area contributed by atoms with Crippen LogP contribution in [0.3, 0.4) is 0 Å². The first-order chi connectivity index (χ1) is 12.8. The fourth-order valence-electron chi connectivity index (χ4n) is 2.59. The lowest BCUT2D eigenvalue weighted by atomic mass is 10.1. The number of carbonyl (C=O) groups is 2. The van der Waals surface area contributed by atoms with Gasteiger partial charge in [-0.15, -0.1) is 0 Å². The normalized spacial score (nSPS) is 10.6. The van der Waals surface area contributed by atoms with Crippen molar-refractivity contribution < 1.29 is 9.59 Å². The molecule has 27 heavy (non-hydrogen) atoms. The number of aromatic nitrogens is 3. The van der Waals surface area contributed by atoms with Crippen LogP contribution in [0, 0.1) is 6.92 Å². The van der Waals surface area contributed by atoms with E-state index in [-0.39, 0.29) is 23.7 Å². The lowest BCUT2D eigenvalue weighted by molar-refractivity contribution is -0.116. The molecule has 0 atom stereocenters. The fourth-order valence-corrected chi connectivity index (χ4v) is 2.85. The molecule has 1 amide bonds. The number of amides is 1. The minimum absolute atomic E-state index is 0.0713. The number of H-pyrrole nitrogens is 1. The Bertz CT molecular complexity index is 1050. The number of carbonyl (C=O) groups excluding carboxylic acids is 2. The van der Waals surface area contributed by atoms with Crippen molar-refractivity contribution in [2.45, 2.75) is 20.3 Å². The van der Waals surface area contributed by atoms with Gasteiger partial charge >= 0.3 is 0 Å². The number of aromatic amines is 1. The first-order valence-electron chi connectivity index (χ1n) is 8.18. The summed E-state index contributed by atoms with van der Waals surface area (Å²) in [6, 6.07) is 10.4. The number of halogens is 1. The highest BCUT2D eigenvalue weighted by molar-refractivity contribution is 9.10. The quantitative estimate of drug-likeness (QED) is 0.652. The number of rotatable bonds is 5. The van der Waals surface area contributed by atoms with Gasteiger partial charge in [-0.1, -0.05) is 15.9 Å². The molecule has 8 heteroatoms. The molecule has 0 aliphatic heterocycles. The van der Waals surface area contributed by atoms with Gasteiger partial charge in [0.15, 0.2) is 5.82 Å². The van der Waals surface area contributed by atoms with E-state index in [4.69, 9.17) is 0 Å². The number of hydrogen-bond donors (Lipinski definition) is 2. The number of nitrogens with one attached hydrogen (secondary N) is 2. The summed E-state index contributed by atoms with van der Waals surface area (Å²) in [5.74, 6) is -0.0454. The first kappa shape index (κ1) is 18.8. The molecule has 0 radical (unpaired) electrons. The molecular weight excluding hydrogens is 412 g/mol. The molecule has 0 aliphatic carbocycles. The molecule has 2 heterocycles. The van der Waals surface area contributed by atoms with Gasteiger partial charge in [0.1, 0.15) is 5.78 Å². The molecule has 1 aromatic carbocycles. The highest BCUT2D eigenvalue weighted by Crippen LogP contribution is 2.15. The Morgan fingerprint density at radius 3 is 2.48 bits per heavy atom. The monoisotopic (exact) mass is 428 g/mol. The Kier molecular flexibility index (Phi) is 5.36. The Hall–Kier alpha value is -3.00. The van der Waals surface area contributed by atoms with Crippen molar-refractivity contribution in [1.82, 2.24) is 14.8 Å². The van der Waals surface area contributed by atoms with Crippen molar-refractivity contribution in [3.63, 3.8) is 0 Å². The summed E-state index contributed by atoms with van der Waals surface area (Å²) < 4.78 is 2.19. The third kappa shape index (κ3) is 4.22. The number of anilines is 1. The predicted molar refractivity (Wildman–Crippen MR) is 105 cm³/mol. The van der Waals surface area contributed by atoms with Gasteiger partial charge in [0.05, 0.1) is 5.56 Å². The van der Waals surface area contributed by atoms with Crippen LogP contribution in [0.2, 0.25) is 0 Å². The zero-order valence-electron chi connectivity index (χ0n) is 14.7. The topological polar surface area (TPSA) is 96.8 Å².